The van der Waals surface area contributed by atoms with Gasteiger partial charge in [-0.1, -0.05) is 0 Å². The Morgan fingerprint density at radius 1 is 1.35 bits per heavy atom. The first-order chi connectivity index (χ1) is 12.4. The van der Waals surface area contributed by atoms with E-state index in [-0.39, 0.29) is 12.2 Å². The van der Waals surface area contributed by atoms with E-state index in [1.165, 1.54) is 17.2 Å². The van der Waals surface area contributed by atoms with Crippen LogP contribution in [0.25, 0.3) is 11.2 Å². The van der Waals surface area contributed by atoms with Gasteiger partial charge in [-0.2, -0.15) is 0 Å². The molecule has 11 heteroatoms. The van der Waals surface area contributed by atoms with Crippen LogP contribution in [0.3, 0.4) is 0 Å². The molecule has 5 N–H and O–H groups in total. The molecule has 26 heavy (non-hydrogen) atoms. The Balaban J connectivity index is 1.69. The normalized spacial score (nSPS) is 26.0. The van der Waals surface area contributed by atoms with Crippen LogP contribution >= 0.6 is 0 Å². The number of anilines is 1. The van der Waals surface area contributed by atoms with E-state index in [4.69, 9.17) is 15.6 Å². The van der Waals surface area contributed by atoms with Crippen LogP contribution in [0, 0.1) is 0 Å². The number of aromatic nitrogens is 4. The van der Waals surface area contributed by atoms with Crippen LogP contribution < -0.4 is 5.73 Å². The summed E-state index contributed by atoms with van der Waals surface area (Å²) >= 11 is 0. The van der Waals surface area contributed by atoms with Crippen molar-refractivity contribution in [3.05, 3.63) is 12.7 Å². The zero-order valence-corrected chi connectivity index (χ0v) is 14.3. The van der Waals surface area contributed by atoms with E-state index < -0.39 is 30.5 Å². The molecule has 0 amide bonds. The number of likely N-dealkylation sites (N-methyl/N-ethyl adjacent to an activating group) is 1. The first kappa shape index (κ1) is 18.5. The molecule has 2 aromatic heterocycles. The summed E-state index contributed by atoms with van der Waals surface area (Å²) in [4.78, 5) is 24.6. The molecule has 1 fully saturated rings. The second-order valence-corrected chi connectivity index (χ2v) is 6.39. The quantitative estimate of drug-likeness (QED) is 0.470. The van der Waals surface area contributed by atoms with Crippen LogP contribution in [0.1, 0.15) is 19.1 Å². The number of rotatable bonds is 7. The maximum Gasteiger partial charge on any atom is 0.303 e. The third-order valence-corrected chi connectivity index (χ3v) is 4.42. The topological polar surface area (TPSA) is 160 Å². The molecule has 4 atom stereocenters. The van der Waals surface area contributed by atoms with E-state index in [1.807, 2.05) is 4.90 Å². The van der Waals surface area contributed by atoms with Crippen LogP contribution in [-0.4, -0.2) is 84.2 Å². The fourth-order valence-electron chi connectivity index (χ4n) is 3.06. The fourth-order valence-corrected chi connectivity index (χ4v) is 3.06. The molecule has 1 aliphatic heterocycles. The van der Waals surface area contributed by atoms with Gasteiger partial charge in [0, 0.05) is 13.0 Å². The summed E-state index contributed by atoms with van der Waals surface area (Å²) in [5, 5.41) is 29.4. The standard InChI is InChI=1S/C15H22N6O5/c1-20(4-2-3-9(22)23)5-8-11(24)12(25)15(26-8)21-7-19-10-13(16)17-6-18-14(10)21/h6-8,11-12,15,24-25H,2-5H2,1H3,(H,22,23)(H2,16,17,18)/t8-,11-,12-,15-/m1/s1. The third kappa shape index (κ3) is 3.60. The van der Waals surface area contributed by atoms with E-state index in [2.05, 4.69) is 15.0 Å². The van der Waals surface area contributed by atoms with Crippen molar-refractivity contribution in [2.45, 2.75) is 37.4 Å². The number of aliphatic hydroxyl groups is 2. The van der Waals surface area contributed by atoms with E-state index in [0.29, 0.717) is 30.7 Å². The SMILES string of the molecule is CN(CCCC(=O)O)C[C@H]1O[C@@H](n2cnc3c(N)ncnc32)[C@H](O)[C@@H]1O. The van der Waals surface area contributed by atoms with Crippen molar-refractivity contribution in [3.8, 4) is 0 Å². The number of carboxylic acid groups (broad SMARTS) is 1. The van der Waals surface area contributed by atoms with Crippen molar-refractivity contribution in [2.75, 3.05) is 25.9 Å². The zero-order valence-electron chi connectivity index (χ0n) is 14.3. The number of hydrogen-bond donors (Lipinski definition) is 4. The minimum Gasteiger partial charge on any atom is -0.481 e. The van der Waals surface area contributed by atoms with Crippen LogP contribution in [0.2, 0.25) is 0 Å². The number of aliphatic carboxylic acids is 1. The van der Waals surface area contributed by atoms with Crippen LogP contribution in [0.4, 0.5) is 5.82 Å². The Morgan fingerprint density at radius 2 is 2.12 bits per heavy atom. The van der Waals surface area contributed by atoms with Crippen molar-refractivity contribution in [2.24, 2.45) is 0 Å². The first-order valence-electron chi connectivity index (χ1n) is 8.23. The Morgan fingerprint density at radius 3 is 2.85 bits per heavy atom. The second kappa shape index (κ2) is 7.50. The van der Waals surface area contributed by atoms with Gasteiger partial charge in [0.15, 0.2) is 17.7 Å². The largest absolute Gasteiger partial charge is 0.481 e. The summed E-state index contributed by atoms with van der Waals surface area (Å²) in [6.45, 7) is 0.884. The van der Waals surface area contributed by atoms with Crippen LogP contribution in [-0.2, 0) is 9.53 Å². The number of imidazole rings is 1. The van der Waals surface area contributed by atoms with Gasteiger partial charge in [0.1, 0.15) is 30.2 Å². The molecule has 0 aromatic carbocycles. The molecule has 0 spiro atoms. The average Bonchev–Trinajstić information content (AvgIpc) is 3.12. The predicted octanol–water partition coefficient (Wildman–Crippen LogP) is -1.18. The predicted molar refractivity (Wildman–Crippen MR) is 90.0 cm³/mol. The minimum absolute atomic E-state index is 0.0752. The third-order valence-electron chi connectivity index (χ3n) is 4.42. The molecular weight excluding hydrogens is 344 g/mol. The lowest BCUT2D eigenvalue weighted by Gasteiger charge is -2.22. The van der Waals surface area contributed by atoms with Crippen molar-refractivity contribution in [1.29, 1.82) is 0 Å². The van der Waals surface area contributed by atoms with E-state index in [0.717, 1.165) is 0 Å². The van der Waals surface area contributed by atoms with Gasteiger partial charge >= 0.3 is 5.97 Å². The number of ether oxygens (including phenoxy) is 1. The number of fused-ring (bicyclic) bond motifs is 1. The molecule has 142 valence electrons. The number of carbonyl (C=O) groups is 1. The number of nitrogens with two attached hydrogens (primary N) is 1. The van der Waals surface area contributed by atoms with Crippen LogP contribution in [0.5, 0.6) is 0 Å². The van der Waals surface area contributed by atoms with Gasteiger partial charge in [-0.3, -0.25) is 9.36 Å². The van der Waals surface area contributed by atoms with Crippen LogP contribution in [0.15, 0.2) is 12.7 Å². The molecule has 1 saturated heterocycles. The molecule has 0 radical (unpaired) electrons. The van der Waals surface area contributed by atoms with E-state index in [1.54, 1.807) is 7.05 Å². The zero-order chi connectivity index (χ0) is 18.8. The van der Waals surface area contributed by atoms with Gasteiger partial charge in [0.05, 0.1) is 6.33 Å². The molecule has 0 aliphatic carbocycles. The number of aliphatic hydroxyl groups excluding tert-OH is 2. The molecule has 2 aromatic rings. The Hall–Kier alpha value is -2.34. The lowest BCUT2D eigenvalue weighted by Crippen LogP contribution is -2.38. The molecule has 0 saturated carbocycles. The summed E-state index contributed by atoms with van der Waals surface area (Å²) in [5.74, 6) is -0.629. The smallest absolute Gasteiger partial charge is 0.303 e. The highest BCUT2D eigenvalue weighted by Gasteiger charge is 2.44. The van der Waals surface area contributed by atoms with Gasteiger partial charge in [-0.25, -0.2) is 15.0 Å². The van der Waals surface area contributed by atoms with Gasteiger partial charge < -0.3 is 30.7 Å². The van der Waals surface area contributed by atoms with Gasteiger partial charge in [-0.15, -0.1) is 0 Å². The maximum absolute atomic E-state index is 10.6. The van der Waals surface area contributed by atoms with Gasteiger partial charge in [0.2, 0.25) is 0 Å². The molecular formula is C15H22N6O5. The minimum atomic E-state index is -1.17. The lowest BCUT2D eigenvalue weighted by atomic mass is 10.1. The summed E-state index contributed by atoms with van der Waals surface area (Å²) in [6.07, 6.45) is -0.464. The summed E-state index contributed by atoms with van der Waals surface area (Å²) in [7, 11) is 1.80. The van der Waals surface area contributed by atoms with Gasteiger partial charge in [0.25, 0.3) is 0 Å². The highest BCUT2D eigenvalue weighted by Crippen LogP contribution is 2.32. The van der Waals surface area contributed by atoms with Gasteiger partial charge in [-0.05, 0) is 20.0 Å². The number of nitrogen functional groups attached to an aromatic ring is 1. The number of carboxylic acids is 1. The van der Waals surface area contributed by atoms with E-state index >= 15 is 0 Å². The summed E-state index contributed by atoms with van der Waals surface area (Å²) in [5.41, 5.74) is 6.57. The highest BCUT2D eigenvalue weighted by molar-refractivity contribution is 5.81. The van der Waals surface area contributed by atoms with Crippen molar-refractivity contribution >= 4 is 23.0 Å². The highest BCUT2D eigenvalue weighted by atomic mass is 16.6. The van der Waals surface area contributed by atoms with Crippen molar-refractivity contribution < 1.29 is 24.9 Å². The summed E-state index contributed by atoms with van der Waals surface area (Å²) in [6, 6.07) is 0. The Kier molecular flexibility index (Phi) is 5.32. The molecule has 1 aliphatic rings. The second-order valence-electron chi connectivity index (χ2n) is 6.39. The molecule has 3 rings (SSSR count). The summed E-state index contributed by atoms with van der Waals surface area (Å²) < 4.78 is 7.36. The average molecular weight is 366 g/mol. The fraction of sp³-hybridized carbons (Fsp3) is 0.600. The molecule has 0 unspecified atom stereocenters. The number of nitrogens with zero attached hydrogens (tertiary/aromatic N) is 5. The van der Waals surface area contributed by atoms with E-state index in [9.17, 15) is 15.0 Å². The maximum atomic E-state index is 10.6. The lowest BCUT2D eigenvalue weighted by molar-refractivity contribution is -0.137. The molecule has 0 bridgehead atoms. The Bertz CT molecular complexity index is 783. The number of hydrogen-bond acceptors (Lipinski definition) is 9. The monoisotopic (exact) mass is 366 g/mol. The molecule has 3 heterocycles. The van der Waals surface area contributed by atoms with Crippen molar-refractivity contribution in [3.63, 3.8) is 0 Å². The molecule has 11 nitrogen and oxygen atoms in total. The van der Waals surface area contributed by atoms with Crippen molar-refractivity contribution in [1.82, 2.24) is 24.4 Å². The Labute approximate surface area is 149 Å². The first-order valence-corrected chi connectivity index (χ1v) is 8.23.